The van der Waals surface area contributed by atoms with E-state index in [2.05, 4.69) is 24.1 Å². The second-order valence-electron chi connectivity index (χ2n) is 3.73. The maximum Gasteiger partial charge on any atom is 0.0583 e. The van der Waals surface area contributed by atoms with Crippen molar-refractivity contribution in [2.45, 2.75) is 39.0 Å². The first kappa shape index (κ1) is 14.8. The molecule has 92 valence electrons. The van der Waals surface area contributed by atoms with Crippen LogP contribution >= 0.6 is 0 Å². The number of rotatable bonds is 9. The van der Waals surface area contributed by atoms with Gasteiger partial charge in [0, 0.05) is 26.2 Å². The van der Waals surface area contributed by atoms with Crippen LogP contribution in [0.4, 0.5) is 0 Å². The highest BCUT2D eigenvalue weighted by atomic mass is 15.3. The quantitative estimate of drug-likeness (QED) is 0.300. The molecule has 0 fully saturated rings. The molecule has 0 aliphatic carbocycles. The van der Waals surface area contributed by atoms with E-state index in [-0.39, 0.29) is 12.3 Å². The Labute approximate surface area is 93.4 Å². The van der Waals surface area contributed by atoms with Crippen LogP contribution in [0.5, 0.6) is 0 Å². The summed E-state index contributed by atoms with van der Waals surface area (Å²) in [5.74, 6) is 0. The van der Waals surface area contributed by atoms with Crippen molar-refractivity contribution in [2.75, 3.05) is 26.2 Å². The Morgan fingerprint density at radius 1 is 1.07 bits per heavy atom. The zero-order chi connectivity index (χ0) is 11.7. The number of nitrogens with two attached hydrogens (primary N) is 3. The van der Waals surface area contributed by atoms with Crippen molar-refractivity contribution < 1.29 is 0 Å². The van der Waals surface area contributed by atoms with Gasteiger partial charge < -0.3 is 22.5 Å². The highest BCUT2D eigenvalue weighted by molar-refractivity contribution is 4.71. The predicted octanol–water partition coefficient (Wildman–Crippen LogP) is -0.774. The van der Waals surface area contributed by atoms with Crippen LogP contribution in [-0.4, -0.2) is 43.4 Å². The van der Waals surface area contributed by atoms with Gasteiger partial charge in [-0.25, -0.2) is 0 Å². The third kappa shape index (κ3) is 6.06. The summed E-state index contributed by atoms with van der Waals surface area (Å²) < 4.78 is 0. The normalized spacial score (nSPS) is 15.6. The fraction of sp³-hybridized carbons (Fsp3) is 1.00. The first-order valence-corrected chi connectivity index (χ1v) is 5.85. The zero-order valence-corrected chi connectivity index (χ0v) is 10.1. The second kappa shape index (κ2) is 9.06. The Bertz CT molecular complexity index is 132. The van der Waals surface area contributed by atoms with Crippen molar-refractivity contribution in [2.24, 2.45) is 17.2 Å². The molecule has 7 N–H and O–H groups in total. The van der Waals surface area contributed by atoms with Gasteiger partial charge in [0.15, 0.2) is 0 Å². The van der Waals surface area contributed by atoms with Gasteiger partial charge in [-0.05, 0) is 12.8 Å². The molecule has 0 amide bonds. The molecule has 0 aliphatic heterocycles. The molecule has 0 saturated carbocycles. The van der Waals surface area contributed by atoms with E-state index in [0.717, 1.165) is 32.5 Å². The van der Waals surface area contributed by atoms with Crippen LogP contribution < -0.4 is 22.5 Å². The molecule has 0 saturated heterocycles. The molecule has 0 aromatic rings. The van der Waals surface area contributed by atoms with E-state index in [4.69, 9.17) is 17.2 Å². The van der Waals surface area contributed by atoms with Gasteiger partial charge in [-0.2, -0.15) is 0 Å². The lowest BCUT2D eigenvalue weighted by Crippen LogP contribution is -2.53. The maximum atomic E-state index is 6.00. The van der Waals surface area contributed by atoms with Gasteiger partial charge in [0.25, 0.3) is 0 Å². The summed E-state index contributed by atoms with van der Waals surface area (Å²) in [6.45, 7) is 7.43. The zero-order valence-electron chi connectivity index (χ0n) is 10.1. The van der Waals surface area contributed by atoms with Crippen LogP contribution in [0.25, 0.3) is 0 Å². The van der Waals surface area contributed by atoms with Crippen LogP contribution in [0.2, 0.25) is 0 Å². The summed E-state index contributed by atoms with van der Waals surface area (Å²) in [5.41, 5.74) is 17.4. The lowest BCUT2D eigenvalue weighted by molar-refractivity contribution is 0.132. The smallest absolute Gasteiger partial charge is 0.0583 e. The number of hydrogen-bond acceptors (Lipinski definition) is 5. The third-order valence-electron chi connectivity index (χ3n) is 2.56. The molecule has 0 heterocycles. The van der Waals surface area contributed by atoms with Crippen LogP contribution in [0, 0.1) is 0 Å². The van der Waals surface area contributed by atoms with E-state index in [0.29, 0.717) is 6.54 Å². The van der Waals surface area contributed by atoms with Crippen molar-refractivity contribution in [1.29, 1.82) is 0 Å². The minimum atomic E-state index is 0.0552. The largest absolute Gasteiger partial charge is 0.329 e. The van der Waals surface area contributed by atoms with Crippen LogP contribution in [0.1, 0.15) is 26.7 Å². The second-order valence-corrected chi connectivity index (χ2v) is 3.73. The first-order chi connectivity index (χ1) is 7.17. The summed E-state index contributed by atoms with van der Waals surface area (Å²) in [6, 6.07) is 0. The summed E-state index contributed by atoms with van der Waals surface area (Å²) in [6.07, 6.45) is 1.95. The number of nitrogens with one attached hydrogen (secondary N) is 1. The van der Waals surface area contributed by atoms with E-state index in [9.17, 15) is 0 Å². The Hall–Kier alpha value is -0.200. The predicted molar refractivity (Wildman–Crippen MR) is 65.2 cm³/mol. The van der Waals surface area contributed by atoms with E-state index >= 15 is 0 Å². The lowest BCUT2D eigenvalue weighted by atomic mass is 10.2. The topological polar surface area (TPSA) is 93.3 Å². The van der Waals surface area contributed by atoms with Crippen molar-refractivity contribution >= 4 is 0 Å². The SMILES string of the molecule is CCC(N)N(CCNCCN)C(N)CC. The lowest BCUT2D eigenvalue weighted by Gasteiger charge is -2.33. The van der Waals surface area contributed by atoms with E-state index in [1.807, 2.05) is 0 Å². The average molecular weight is 217 g/mol. The molecule has 0 bridgehead atoms. The summed E-state index contributed by atoms with van der Waals surface area (Å²) >= 11 is 0. The van der Waals surface area contributed by atoms with E-state index in [1.165, 1.54) is 0 Å². The molecule has 0 spiro atoms. The minimum absolute atomic E-state index is 0.0552. The summed E-state index contributed by atoms with van der Waals surface area (Å²) in [4.78, 5) is 2.14. The highest BCUT2D eigenvalue weighted by Gasteiger charge is 2.17. The molecule has 5 nitrogen and oxygen atoms in total. The highest BCUT2D eigenvalue weighted by Crippen LogP contribution is 2.03. The molecule has 2 atom stereocenters. The van der Waals surface area contributed by atoms with Crippen molar-refractivity contribution in [1.82, 2.24) is 10.2 Å². The van der Waals surface area contributed by atoms with Gasteiger partial charge >= 0.3 is 0 Å². The molecule has 2 unspecified atom stereocenters. The Morgan fingerprint density at radius 3 is 2.00 bits per heavy atom. The fourth-order valence-corrected chi connectivity index (χ4v) is 1.48. The van der Waals surface area contributed by atoms with Crippen molar-refractivity contribution in [3.8, 4) is 0 Å². The summed E-state index contributed by atoms with van der Waals surface area (Å²) in [5, 5.41) is 3.25. The molecular formula is C10H27N5. The van der Waals surface area contributed by atoms with Gasteiger partial charge in [-0.1, -0.05) is 13.8 Å². The monoisotopic (exact) mass is 217 g/mol. The molecule has 5 heteroatoms. The molecule has 0 rings (SSSR count). The van der Waals surface area contributed by atoms with Gasteiger partial charge in [-0.3, -0.25) is 4.90 Å². The molecule has 0 radical (unpaired) electrons. The van der Waals surface area contributed by atoms with E-state index in [1.54, 1.807) is 0 Å². The number of hydrogen-bond donors (Lipinski definition) is 4. The molecule has 0 aromatic heterocycles. The molecular weight excluding hydrogens is 190 g/mol. The Morgan fingerprint density at radius 2 is 1.60 bits per heavy atom. The third-order valence-corrected chi connectivity index (χ3v) is 2.56. The van der Waals surface area contributed by atoms with Crippen molar-refractivity contribution in [3.63, 3.8) is 0 Å². The minimum Gasteiger partial charge on any atom is -0.329 e. The molecule has 15 heavy (non-hydrogen) atoms. The first-order valence-electron chi connectivity index (χ1n) is 5.85. The molecule has 0 aromatic carbocycles. The van der Waals surface area contributed by atoms with Crippen LogP contribution in [0.3, 0.4) is 0 Å². The number of nitrogens with zero attached hydrogens (tertiary/aromatic N) is 1. The van der Waals surface area contributed by atoms with Crippen molar-refractivity contribution in [3.05, 3.63) is 0 Å². The van der Waals surface area contributed by atoms with Crippen LogP contribution in [-0.2, 0) is 0 Å². The van der Waals surface area contributed by atoms with Gasteiger partial charge in [0.05, 0.1) is 12.3 Å². The standard InChI is InChI=1S/C10H27N5/c1-3-9(12)15(10(13)4-2)8-7-14-6-5-11/h9-10,14H,3-8,11-13H2,1-2H3. The Kier molecular flexibility index (Phi) is 8.94. The average Bonchev–Trinajstić information content (AvgIpc) is 2.27. The fourth-order valence-electron chi connectivity index (χ4n) is 1.48. The maximum absolute atomic E-state index is 6.00. The van der Waals surface area contributed by atoms with E-state index < -0.39 is 0 Å². The Balaban J connectivity index is 3.90. The molecule has 0 aliphatic rings. The van der Waals surface area contributed by atoms with Gasteiger partial charge in [0.1, 0.15) is 0 Å². The van der Waals surface area contributed by atoms with Crippen LogP contribution in [0.15, 0.2) is 0 Å². The van der Waals surface area contributed by atoms with Gasteiger partial charge in [0.2, 0.25) is 0 Å². The summed E-state index contributed by atoms with van der Waals surface area (Å²) in [7, 11) is 0. The van der Waals surface area contributed by atoms with Gasteiger partial charge in [-0.15, -0.1) is 0 Å².